The lowest BCUT2D eigenvalue weighted by molar-refractivity contribution is 0.242. The van der Waals surface area contributed by atoms with Crippen molar-refractivity contribution in [1.82, 2.24) is 15.5 Å². The van der Waals surface area contributed by atoms with Gasteiger partial charge in [0.05, 0.1) is 6.10 Å². The minimum atomic E-state index is 0.149. The maximum Gasteiger partial charge on any atom is 0.248 e. The quantitative estimate of drug-likeness (QED) is 0.618. The van der Waals surface area contributed by atoms with Crippen LogP contribution in [0.1, 0.15) is 44.2 Å². The first-order chi connectivity index (χ1) is 13.6. The first-order valence-corrected chi connectivity index (χ1v) is 10.0. The van der Waals surface area contributed by atoms with Crippen LogP contribution in [0.3, 0.4) is 0 Å². The Hall–Kier alpha value is -2.66. The number of rotatable bonds is 7. The maximum absolute atomic E-state index is 5.94. The van der Waals surface area contributed by atoms with Gasteiger partial charge >= 0.3 is 0 Å². The fourth-order valence-corrected chi connectivity index (χ4v) is 3.35. The van der Waals surface area contributed by atoms with Crippen molar-refractivity contribution in [2.45, 2.75) is 58.7 Å². The summed E-state index contributed by atoms with van der Waals surface area (Å²) in [5.74, 6) is 1.90. The van der Waals surface area contributed by atoms with Crippen LogP contribution in [-0.4, -0.2) is 22.3 Å². The molecule has 5 nitrogen and oxygen atoms in total. The Kier molecular flexibility index (Phi) is 5.44. The lowest BCUT2D eigenvalue weighted by Gasteiger charge is -2.26. The molecule has 2 aromatic carbocycles. The Morgan fingerprint density at radius 3 is 2.46 bits per heavy atom. The van der Waals surface area contributed by atoms with Gasteiger partial charge in [-0.2, -0.15) is 0 Å². The summed E-state index contributed by atoms with van der Waals surface area (Å²) in [7, 11) is 0. The van der Waals surface area contributed by atoms with Crippen molar-refractivity contribution in [3.63, 3.8) is 0 Å². The molecule has 0 bridgehead atoms. The molecular weight excluding hydrogens is 350 g/mol. The molecule has 1 aromatic heterocycles. The monoisotopic (exact) mass is 377 g/mol. The zero-order chi connectivity index (χ0) is 19.5. The zero-order valence-electron chi connectivity index (χ0n) is 16.7. The maximum atomic E-state index is 5.94. The molecule has 1 saturated carbocycles. The summed E-state index contributed by atoms with van der Waals surface area (Å²) in [6.07, 6.45) is 4.09. The number of nitrogens with zero attached hydrogens (tertiary/aromatic N) is 2. The first kappa shape index (κ1) is 18.7. The van der Waals surface area contributed by atoms with Crippen LogP contribution in [0.4, 0.5) is 0 Å². The number of hydrogen-bond acceptors (Lipinski definition) is 5. The van der Waals surface area contributed by atoms with Gasteiger partial charge in [-0.25, -0.2) is 0 Å². The Bertz CT molecular complexity index is 927. The minimum Gasteiger partial charge on any atom is -0.491 e. The third-order valence-corrected chi connectivity index (χ3v) is 5.12. The molecule has 28 heavy (non-hydrogen) atoms. The van der Waals surface area contributed by atoms with Crippen molar-refractivity contribution < 1.29 is 9.15 Å². The number of benzene rings is 2. The summed E-state index contributed by atoms with van der Waals surface area (Å²) in [5.41, 5.74) is 4.29. The van der Waals surface area contributed by atoms with Gasteiger partial charge in [0.2, 0.25) is 11.8 Å². The molecule has 1 aliphatic rings. The molecule has 0 amide bonds. The van der Waals surface area contributed by atoms with E-state index < -0.39 is 0 Å². The molecule has 1 fully saturated rings. The molecule has 1 heterocycles. The van der Waals surface area contributed by atoms with Gasteiger partial charge in [-0.15, -0.1) is 10.2 Å². The molecule has 3 aromatic rings. The molecule has 4 rings (SSSR count). The summed E-state index contributed by atoms with van der Waals surface area (Å²) in [6.45, 7) is 7.01. The van der Waals surface area contributed by atoms with Gasteiger partial charge < -0.3 is 14.5 Å². The van der Waals surface area contributed by atoms with E-state index in [2.05, 4.69) is 40.6 Å². The normalized spacial score (nSPS) is 14.3. The van der Waals surface area contributed by atoms with Gasteiger partial charge in [0, 0.05) is 23.7 Å². The molecule has 0 saturated heterocycles. The van der Waals surface area contributed by atoms with Crippen LogP contribution in [0.2, 0.25) is 0 Å². The Balaban J connectivity index is 1.47. The molecule has 5 heteroatoms. The van der Waals surface area contributed by atoms with E-state index in [1.807, 2.05) is 38.1 Å². The second kappa shape index (κ2) is 8.15. The van der Waals surface area contributed by atoms with Crippen LogP contribution in [0, 0.1) is 6.92 Å². The number of hydrogen-bond donors (Lipinski definition) is 1. The van der Waals surface area contributed by atoms with Crippen LogP contribution in [0.15, 0.2) is 46.9 Å². The van der Waals surface area contributed by atoms with E-state index >= 15 is 0 Å². The van der Waals surface area contributed by atoms with E-state index in [9.17, 15) is 0 Å². The Morgan fingerprint density at radius 1 is 1.07 bits per heavy atom. The average molecular weight is 377 g/mol. The Morgan fingerprint density at radius 2 is 1.82 bits per heavy atom. The smallest absolute Gasteiger partial charge is 0.248 e. The van der Waals surface area contributed by atoms with Gasteiger partial charge in [-0.05, 0) is 75.1 Å². The molecule has 1 aliphatic carbocycles. The highest BCUT2D eigenvalue weighted by molar-refractivity contribution is 5.61. The Labute approximate surface area is 166 Å². The van der Waals surface area contributed by atoms with Crippen molar-refractivity contribution in [2.24, 2.45) is 0 Å². The summed E-state index contributed by atoms with van der Waals surface area (Å²) in [4.78, 5) is 0. The van der Waals surface area contributed by atoms with Crippen LogP contribution in [0.25, 0.3) is 22.9 Å². The highest BCUT2D eigenvalue weighted by Gasteiger charge is 2.17. The van der Waals surface area contributed by atoms with Crippen LogP contribution < -0.4 is 10.1 Å². The summed E-state index contributed by atoms with van der Waals surface area (Å²) >= 11 is 0. The van der Waals surface area contributed by atoms with E-state index in [4.69, 9.17) is 9.15 Å². The summed E-state index contributed by atoms with van der Waals surface area (Å²) in [5, 5.41) is 12.1. The molecule has 0 spiro atoms. The molecule has 1 N–H and O–H groups in total. The van der Waals surface area contributed by atoms with Crippen LogP contribution >= 0.6 is 0 Å². The van der Waals surface area contributed by atoms with Gasteiger partial charge in [-0.1, -0.05) is 18.6 Å². The van der Waals surface area contributed by atoms with Crippen LogP contribution in [0.5, 0.6) is 5.75 Å². The van der Waals surface area contributed by atoms with Gasteiger partial charge in [0.25, 0.3) is 0 Å². The second-order valence-corrected chi connectivity index (χ2v) is 7.76. The molecular formula is C23H27N3O2. The molecule has 0 aliphatic heterocycles. The molecule has 0 atom stereocenters. The predicted molar refractivity (Wildman–Crippen MR) is 110 cm³/mol. The topological polar surface area (TPSA) is 60.2 Å². The second-order valence-electron chi connectivity index (χ2n) is 7.76. The lowest BCUT2D eigenvalue weighted by atomic mass is 9.93. The van der Waals surface area contributed by atoms with Crippen molar-refractivity contribution >= 4 is 0 Å². The summed E-state index contributed by atoms with van der Waals surface area (Å²) in [6, 6.07) is 14.8. The third kappa shape index (κ3) is 4.25. The third-order valence-electron chi connectivity index (χ3n) is 5.12. The predicted octanol–water partition coefficient (Wildman–Crippen LogP) is 5.14. The fraction of sp³-hybridized carbons (Fsp3) is 0.391. The SMILES string of the molecule is Cc1cc(CNC2CCC2)ccc1-c1nnc(-c2ccc(OC(C)C)cc2)o1. The zero-order valence-corrected chi connectivity index (χ0v) is 16.7. The highest BCUT2D eigenvalue weighted by atomic mass is 16.5. The lowest BCUT2D eigenvalue weighted by Crippen LogP contribution is -2.34. The minimum absolute atomic E-state index is 0.149. The van der Waals surface area contributed by atoms with E-state index in [1.54, 1.807) is 0 Å². The van der Waals surface area contributed by atoms with E-state index in [-0.39, 0.29) is 6.10 Å². The van der Waals surface area contributed by atoms with Gasteiger partial charge in [-0.3, -0.25) is 0 Å². The van der Waals surface area contributed by atoms with E-state index in [0.717, 1.165) is 29.0 Å². The number of nitrogens with one attached hydrogen (secondary N) is 1. The van der Waals surface area contributed by atoms with Crippen molar-refractivity contribution in [3.8, 4) is 28.7 Å². The number of aromatic nitrogens is 2. The van der Waals surface area contributed by atoms with Crippen molar-refractivity contribution in [3.05, 3.63) is 53.6 Å². The summed E-state index contributed by atoms with van der Waals surface area (Å²) < 4.78 is 11.6. The van der Waals surface area contributed by atoms with Gasteiger partial charge in [0.15, 0.2) is 0 Å². The van der Waals surface area contributed by atoms with Gasteiger partial charge in [0.1, 0.15) is 5.75 Å². The van der Waals surface area contributed by atoms with Crippen molar-refractivity contribution in [1.29, 1.82) is 0 Å². The number of ether oxygens (including phenoxy) is 1. The first-order valence-electron chi connectivity index (χ1n) is 10.0. The molecule has 0 radical (unpaired) electrons. The van der Waals surface area contributed by atoms with Crippen molar-refractivity contribution in [2.75, 3.05) is 0 Å². The standard InChI is InChI=1S/C23H27N3O2/c1-15(2)27-20-10-8-18(9-11-20)22-25-26-23(28-22)21-12-7-17(13-16(21)3)14-24-19-5-4-6-19/h7-13,15,19,24H,4-6,14H2,1-3H3. The van der Waals surface area contributed by atoms with E-state index in [1.165, 1.54) is 24.8 Å². The average Bonchev–Trinajstić information content (AvgIpc) is 3.10. The fourth-order valence-electron chi connectivity index (χ4n) is 3.35. The highest BCUT2D eigenvalue weighted by Crippen LogP contribution is 2.28. The van der Waals surface area contributed by atoms with Crippen LogP contribution in [-0.2, 0) is 6.54 Å². The molecule has 146 valence electrons. The molecule has 0 unspecified atom stereocenters. The largest absolute Gasteiger partial charge is 0.491 e. The number of aryl methyl sites for hydroxylation is 1. The van der Waals surface area contributed by atoms with E-state index in [0.29, 0.717) is 17.8 Å².